The van der Waals surface area contributed by atoms with Crippen LogP contribution in [-0.4, -0.2) is 70.0 Å². The van der Waals surface area contributed by atoms with Crippen molar-refractivity contribution in [3.8, 4) is 5.75 Å². The molecule has 0 spiro atoms. The van der Waals surface area contributed by atoms with Gasteiger partial charge in [-0.3, -0.25) is 14.9 Å². The van der Waals surface area contributed by atoms with Gasteiger partial charge in [0, 0.05) is 6.04 Å². The maximum Gasteiger partial charge on any atom is 0.339 e. The molecule has 10 heteroatoms. The molecule has 180 valence electrons. The van der Waals surface area contributed by atoms with Crippen LogP contribution in [0.3, 0.4) is 0 Å². The number of hydrogen-bond donors (Lipinski definition) is 1. The summed E-state index contributed by atoms with van der Waals surface area (Å²) in [7, 11) is 3.79. The van der Waals surface area contributed by atoms with Gasteiger partial charge in [0.15, 0.2) is 0 Å². The van der Waals surface area contributed by atoms with Crippen LogP contribution in [0, 0.1) is 11.8 Å². The molecule has 1 aromatic rings. The van der Waals surface area contributed by atoms with Gasteiger partial charge >= 0.3 is 23.9 Å². The van der Waals surface area contributed by atoms with Crippen molar-refractivity contribution in [3.05, 3.63) is 35.9 Å². The summed E-state index contributed by atoms with van der Waals surface area (Å²) < 4.78 is 25.1. The molecule has 1 N–H and O–H groups in total. The van der Waals surface area contributed by atoms with Crippen LogP contribution in [0.15, 0.2) is 30.3 Å². The predicted molar refractivity (Wildman–Crippen MR) is 116 cm³/mol. The average molecular weight is 463 g/mol. The topological polar surface area (TPSA) is 126 Å². The van der Waals surface area contributed by atoms with E-state index < -0.39 is 47.3 Å². The van der Waals surface area contributed by atoms with Crippen LogP contribution in [0.2, 0.25) is 0 Å². The number of benzene rings is 1. The van der Waals surface area contributed by atoms with Crippen molar-refractivity contribution >= 4 is 30.0 Å². The lowest BCUT2D eigenvalue weighted by molar-refractivity contribution is -0.175. The minimum atomic E-state index is -2.30. The molecule has 1 saturated heterocycles. The zero-order chi connectivity index (χ0) is 24.6. The Morgan fingerprint density at radius 1 is 0.909 bits per heavy atom. The van der Waals surface area contributed by atoms with Gasteiger partial charge in [0.25, 0.3) is 0 Å². The Morgan fingerprint density at radius 3 is 1.91 bits per heavy atom. The van der Waals surface area contributed by atoms with Gasteiger partial charge in [0.1, 0.15) is 11.7 Å². The van der Waals surface area contributed by atoms with E-state index in [2.05, 4.69) is 5.32 Å². The number of esters is 4. The fourth-order valence-electron chi connectivity index (χ4n) is 3.83. The van der Waals surface area contributed by atoms with Gasteiger partial charge < -0.3 is 23.7 Å². The molecule has 2 rings (SSSR count). The standard InChI is InChI=1S/C23H29NO9/c1-6-32-21(27)23(22(28)33-7-2)18(20(26)31-5)17(19(25)30-4)16(24-23)13-10-14-8-11-15(29-3)12-9-14/h8-13,16-18,24H,6-7H2,1-5H3/b13-10+/t16-,17+,18-/m1/s1. The number of carbonyl (C=O) groups excluding carboxylic acids is 4. The van der Waals surface area contributed by atoms with E-state index in [0.717, 1.165) is 19.8 Å². The van der Waals surface area contributed by atoms with Crippen molar-refractivity contribution < 1.29 is 42.9 Å². The molecule has 1 aliphatic heterocycles. The highest BCUT2D eigenvalue weighted by atomic mass is 16.6. The molecule has 3 atom stereocenters. The summed E-state index contributed by atoms with van der Waals surface area (Å²) in [6.45, 7) is 2.98. The highest BCUT2D eigenvalue weighted by molar-refractivity contribution is 6.11. The van der Waals surface area contributed by atoms with Gasteiger partial charge in [-0.15, -0.1) is 0 Å². The lowest BCUT2D eigenvalue weighted by Gasteiger charge is -2.30. The van der Waals surface area contributed by atoms with Crippen LogP contribution in [0.25, 0.3) is 6.08 Å². The first kappa shape index (κ1) is 25.9. The molecule has 33 heavy (non-hydrogen) atoms. The summed E-state index contributed by atoms with van der Waals surface area (Å²) in [4.78, 5) is 51.8. The van der Waals surface area contributed by atoms with Crippen LogP contribution in [0.4, 0.5) is 0 Å². The smallest absolute Gasteiger partial charge is 0.339 e. The summed E-state index contributed by atoms with van der Waals surface area (Å²) in [6, 6.07) is 6.09. The third-order valence-electron chi connectivity index (χ3n) is 5.34. The molecular weight excluding hydrogens is 434 g/mol. The first-order valence-corrected chi connectivity index (χ1v) is 10.4. The summed E-state index contributed by atoms with van der Waals surface area (Å²) in [5.41, 5.74) is -1.55. The molecule has 0 bridgehead atoms. The average Bonchev–Trinajstić information content (AvgIpc) is 3.18. The lowest BCUT2D eigenvalue weighted by Crippen LogP contribution is -2.62. The molecule has 1 fully saturated rings. The van der Waals surface area contributed by atoms with E-state index in [0.29, 0.717) is 5.75 Å². The fourth-order valence-corrected chi connectivity index (χ4v) is 3.83. The van der Waals surface area contributed by atoms with Crippen LogP contribution in [-0.2, 0) is 38.1 Å². The van der Waals surface area contributed by atoms with Crippen LogP contribution in [0.5, 0.6) is 5.75 Å². The molecule has 0 unspecified atom stereocenters. The summed E-state index contributed by atoms with van der Waals surface area (Å²) in [6.07, 6.45) is 3.24. The lowest BCUT2D eigenvalue weighted by atomic mass is 9.78. The Morgan fingerprint density at radius 2 is 1.45 bits per heavy atom. The van der Waals surface area contributed by atoms with E-state index in [1.807, 2.05) is 0 Å². The molecule has 0 saturated carbocycles. The number of ether oxygens (including phenoxy) is 5. The van der Waals surface area contributed by atoms with Crippen molar-refractivity contribution in [2.45, 2.75) is 25.4 Å². The maximum atomic E-state index is 13.1. The Labute approximate surface area is 192 Å². The number of rotatable bonds is 9. The second kappa shape index (κ2) is 11.5. The summed E-state index contributed by atoms with van der Waals surface area (Å²) in [5.74, 6) is -6.06. The Kier molecular flexibility index (Phi) is 8.98. The van der Waals surface area contributed by atoms with Gasteiger partial charge in [0.2, 0.25) is 5.54 Å². The van der Waals surface area contributed by atoms with Crippen LogP contribution in [0.1, 0.15) is 19.4 Å². The predicted octanol–water partition coefficient (Wildman–Crippen LogP) is 1.12. The number of carbonyl (C=O) groups is 4. The third-order valence-corrected chi connectivity index (χ3v) is 5.34. The first-order chi connectivity index (χ1) is 15.8. The number of nitrogens with one attached hydrogen (secondary N) is 1. The first-order valence-electron chi connectivity index (χ1n) is 10.4. The summed E-state index contributed by atoms with van der Waals surface area (Å²) in [5, 5.41) is 2.83. The van der Waals surface area contributed by atoms with E-state index >= 15 is 0 Å². The zero-order valence-electron chi connectivity index (χ0n) is 19.3. The molecule has 1 aromatic carbocycles. The van der Waals surface area contributed by atoms with Crippen molar-refractivity contribution in [1.29, 1.82) is 0 Å². The third kappa shape index (κ3) is 5.16. The zero-order valence-corrected chi connectivity index (χ0v) is 19.3. The molecule has 1 heterocycles. The van der Waals surface area contributed by atoms with Crippen molar-refractivity contribution in [2.75, 3.05) is 34.5 Å². The van der Waals surface area contributed by atoms with Gasteiger partial charge in [0.05, 0.1) is 40.5 Å². The van der Waals surface area contributed by atoms with E-state index in [4.69, 9.17) is 23.7 Å². The Bertz CT molecular complexity index is 876. The largest absolute Gasteiger partial charge is 0.497 e. The molecule has 1 aliphatic rings. The van der Waals surface area contributed by atoms with Crippen molar-refractivity contribution in [3.63, 3.8) is 0 Å². The molecule has 0 amide bonds. The molecule has 10 nitrogen and oxygen atoms in total. The van der Waals surface area contributed by atoms with Crippen LogP contribution >= 0.6 is 0 Å². The molecule has 0 aliphatic carbocycles. The van der Waals surface area contributed by atoms with Gasteiger partial charge in [-0.25, -0.2) is 9.59 Å². The molecular formula is C23H29NO9. The van der Waals surface area contributed by atoms with E-state index in [1.54, 1.807) is 57.4 Å². The van der Waals surface area contributed by atoms with Gasteiger partial charge in [-0.1, -0.05) is 24.3 Å². The molecule has 0 aromatic heterocycles. The second-order valence-corrected chi connectivity index (χ2v) is 7.10. The van der Waals surface area contributed by atoms with Crippen LogP contribution < -0.4 is 10.1 Å². The minimum absolute atomic E-state index is 0.0647. The van der Waals surface area contributed by atoms with Crippen molar-refractivity contribution in [1.82, 2.24) is 5.32 Å². The quantitative estimate of drug-likeness (QED) is 0.323. The molecule has 0 radical (unpaired) electrons. The number of methoxy groups -OCH3 is 3. The van der Waals surface area contributed by atoms with E-state index in [9.17, 15) is 19.2 Å². The van der Waals surface area contributed by atoms with E-state index in [1.165, 1.54) is 0 Å². The maximum absolute atomic E-state index is 13.1. The van der Waals surface area contributed by atoms with Crippen molar-refractivity contribution in [2.24, 2.45) is 11.8 Å². The fraction of sp³-hybridized carbons (Fsp3) is 0.478. The summed E-state index contributed by atoms with van der Waals surface area (Å²) >= 11 is 0. The van der Waals surface area contributed by atoms with E-state index in [-0.39, 0.29) is 13.2 Å². The monoisotopic (exact) mass is 463 g/mol. The Balaban J connectivity index is 2.61. The highest BCUT2D eigenvalue weighted by Crippen LogP contribution is 2.40. The normalized spacial score (nSPS) is 21.3. The minimum Gasteiger partial charge on any atom is -0.497 e. The Hall–Kier alpha value is -3.40. The second-order valence-electron chi connectivity index (χ2n) is 7.10. The SMILES string of the molecule is CCOC(=O)C1(C(=O)OCC)N[C@H](/C=C/c2ccc(OC)cc2)[C@H](C(=O)OC)[C@@H]1C(=O)OC. The number of hydrogen-bond acceptors (Lipinski definition) is 10. The highest BCUT2D eigenvalue weighted by Gasteiger charge is 2.69. The van der Waals surface area contributed by atoms with Gasteiger partial charge in [-0.2, -0.15) is 0 Å². The van der Waals surface area contributed by atoms with Gasteiger partial charge in [-0.05, 0) is 31.5 Å².